The van der Waals surface area contributed by atoms with Crippen LogP contribution in [0.5, 0.6) is 0 Å². The zero-order valence-corrected chi connectivity index (χ0v) is 10.8. The molecule has 1 rings (SSSR count). The first kappa shape index (κ1) is 14.3. The Bertz CT molecular complexity index is 407. The number of ether oxygens (including phenoxy) is 2. The highest BCUT2D eigenvalue weighted by molar-refractivity contribution is 5.64. The Morgan fingerprint density at radius 1 is 1.22 bits per heavy atom. The van der Waals surface area contributed by atoms with E-state index in [4.69, 9.17) is 20.5 Å². The molecule has 0 saturated carbocycles. The van der Waals surface area contributed by atoms with Crippen LogP contribution in [0.25, 0.3) is 0 Å². The van der Waals surface area contributed by atoms with Crippen LogP contribution in [-0.2, 0) is 9.47 Å². The highest BCUT2D eigenvalue weighted by atomic mass is 16.5. The minimum absolute atomic E-state index is 0.571. The van der Waals surface area contributed by atoms with Crippen molar-refractivity contribution in [2.75, 3.05) is 51.2 Å². The molecule has 98 valence electrons. The van der Waals surface area contributed by atoms with E-state index in [1.165, 1.54) is 0 Å². The number of hydrogen-bond donors (Lipinski definition) is 1. The number of methoxy groups -OCH3 is 2. The molecule has 1 aromatic rings. The van der Waals surface area contributed by atoms with E-state index >= 15 is 0 Å². The molecule has 2 N–H and O–H groups in total. The van der Waals surface area contributed by atoms with Gasteiger partial charge < -0.3 is 20.1 Å². The summed E-state index contributed by atoms with van der Waals surface area (Å²) in [6.45, 7) is 2.61. The number of rotatable bonds is 7. The lowest BCUT2D eigenvalue weighted by Gasteiger charge is -2.25. The molecule has 0 atom stereocenters. The normalized spacial score (nSPS) is 10.1. The monoisotopic (exact) mass is 249 g/mol. The van der Waals surface area contributed by atoms with E-state index in [-0.39, 0.29) is 0 Å². The van der Waals surface area contributed by atoms with Gasteiger partial charge in [0.05, 0.1) is 24.5 Å². The van der Waals surface area contributed by atoms with Gasteiger partial charge in [-0.05, 0) is 18.2 Å². The van der Waals surface area contributed by atoms with Crippen LogP contribution in [0.3, 0.4) is 0 Å². The SMILES string of the molecule is COCCN(CCOC)c1ccc(N)cc1C#N. The van der Waals surface area contributed by atoms with Gasteiger partial charge in [-0.2, -0.15) is 5.26 Å². The van der Waals surface area contributed by atoms with E-state index in [9.17, 15) is 0 Å². The van der Waals surface area contributed by atoms with Crippen molar-refractivity contribution in [3.8, 4) is 6.07 Å². The smallest absolute Gasteiger partial charge is 0.101 e. The number of nitrogen functional groups attached to an aromatic ring is 1. The van der Waals surface area contributed by atoms with Crippen LogP contribution in [-0.4, -0.2) is 40.5 Å². The Morgan fingerprint density at radius 2 is 1.83 bits per heavy atom. The minimum atomic E-state index is 0.571. The van der Waals surface area contributed by atoms with Gasteiger partial charge in [-0.1, -0.05) is 0 Å². The summed E-state index contributed by atoms with van der Waals surface area (Å²) in [4.78, 5) is 2.06. The number of anilines is 2. The molecule has 0 aliphatic carbocycles. The van der Waals surface area contributed by atoms with Gasteiger partial charge in [-0.15, -0.1) is 0 Å². The first-order valence-corrected chi connectivity index (χ1v) is 5.75. The fourth-order valence-electron chi connectivity index (χ4n) is 1.67. The van der Waals surface area contributed by atoms with Crippen molar-refractivity contribution in [1.29, 1.82) is 5.26 Å². The van der Waals surface area contributed by atoms with Crippen LogP contribution < -0.4 is 10.6 Å². The predicted octanol–water partition coefficient (Wildman–Crippen LogP) is 1.24. The van der Waals surface area contributed by atoms with Gasteiger partial charge in [0.15, 0.2) is 0 Å². The molecular formula is C13H19N3O2. The molecule has 0 radical (unpaired) electrons. The quantitative estimate of drug-likeness (QED) is 0.736. The molecular weight excluding hydrogens is 230 g/mol. The lowest BCUT2D eigenvalue weighted by molar-refractivity contribution is 0.190. The maximum atomic E-state index is 9.15. The molecule has 1 aromatic carbocycles. The summed E-state index contributed by atoms with van der Waals surface area (Å²) in [5.41, 5.74) is 7.71. The van der Waals surface area contributed by atoms with Crippen LogP contribution >= 0.6 is 0 Å². The molecule has 0 unspecified atom stereocenters. The zero-order valence-electron chi connectivity index (χ0n) is 10.8. The number of nitriles is 1. The van der Waals surface area contributed by atoms with Crippen LogP contribution in [0, 0.1) is 11.3 Å². The third kappa shape index (κ3) is 3.91. The summed E-state index contributed by atoms with van der Waals surface area (Å²) >= 11 is 0. The van der Waals surface area contributed by atoms with Gasteiger partial charge >= 0.3 is 0 Å². The van der Waals surface area contributed by atoms with E-state index in [1.54, 1.807) is 26.4 Å². The van der Waals surface area contributed by atoms with Gasteiger partial charge in [0, 0.05) is 33.0 Å². The second-order valence-corrected chi connectivity index (χ2v) is 3.86. The molecule has 0 aliphatic rings. The highest BCUT2D eigenvalue weighted by Crippen LogP contribution is 2.22. The minimum Gasteiger partial charge on any atom is -0.399 e. The van der Waals surface area contributed by atoms with Crippen LogP contribution in [0.15, 0.2) is 18.2 Å². The Labute approximate surface area is 108 Å². The first-order valence-electron chi connectivity index (χ1n) is 5.75. The number of nitrogens with two attached hydrogens (primary N) is 1. The molecule has 0 fully saturated rings. The maximum absolute atomic E-state index is 9.15. The van der Waals surface area contributed by atoms with E-state index in [0.29, 0.717) is 37.6 Å². The molecule has 0 heterocycles. The van der Waals surface area contributed by atoms with Crippen LogP contribution in [0.2, 0.25) is 0 Å². The second kappa shape index (κ2) is 7.54. The van der Waals surface area contributed by atoms with Crippen molar-refractivity contribution in [2.24, 2.45) is 0 Å². The van der Waals surface area contributed by atoms with Crippen molar-refractivity contribution < 1.29 is 9.47 Å². The van der Waals surface area contributed by atoms with Gasteiger partial charge in [0.25, 0.3) is 0 Å². The van der Waals surface area contributed by atoms with Crippen molar-refractivity contribution in [1.82, 2.24) is 0 Å². The number of benzene rings is 1. The summed E-state index contributed by atoms with van der Waals surface area (Å²) in [6, 6.07) is 7.50. The number of nitrogens with zero attached hydrogens (tertiary/aromatic N) is 2. The third-order valence-corrected chi connectivity index (χ3v) is 2.61. The van der Waals surface area contributed by atoms with Crippen molar-refractivity contribution in [3.05, 3.63) is 23.8 Å². The molecule has 5 nitrogen and oxygen atoms in total. The average molecular weight is 249 g/mol. The third-order valence-electron chi connectivity index (χ3n) is 2.61. The number of hydrogen-bond acceptors (Lipinski definition) is 5. The lowest BCUT2D eigenvalue weighted by Crippen LogP contribution is -2.31. The highest BCUT2D eigenvalue weighted by Gasteiger charge is 2.11. The molecule has 0 aromatic heterocycles. The zero-order chi connectivity index (χ0) is 13.4. The van der Waals surface area contributed by atoms with Gasteiger partial charge in [0.2, 0.25) is 0 Å². The van der Waals surface area contributed by atoms with Gasteiger partial charge in [0.1, 0.15) is 6.07 Å². The van der Waals surface area contributed by atoms with Crippen LogP contribution in [0.4, 0.5) is 11.4 Å². The largest absolute Gasteiger partial charge is 0.399 e. The molecule has 18 heavy (non-hydrogen) atoms. The van der Waals surface area contributed by atoms with Crippen LogP contribution in [0.1, 0.15) is 5.56 Å². The van der Waals surface area contributed by atoms with Gasteiger partial charge in [-0.3, -0.25) is 0 Å². The van der Waals surface area contributed by atoms with Gasteiger partial charge in [-0.25, -0.2) is 0 Å². The summed E-state index contributed by atoms with van der Waals surface area (Å²) in [5.74, 6) is 0. The van der Waals surface area contributed by atoms with Crippen molar-refractivity contribution in [3.63, 3.8) is 0 Å². The Kier molecular flexibility index (Phi) is 5.98. The summed E-state index contributed by atoms with van der Waals surface area (Å²) < 4.78 is 10.2. The van der Waals surface area contributed by atoms with Crippen molar-refractivity contribution in [2.45, 2.75) is 0 Å². The Balaban J connectivity index is 2.92. The summed E-state index contributed by atoms with van der Waals surface area (Å²) in [5, 5.41) is 9.15. The molecule has 0 spiro atoms. The molecule has 0 saturated heterocycles. The Morgan fingerprint density at radius 3 is 2.33 bits per heavy atom. The average Bonchev–Trinajstić information content (AvgIpc) is 2.39. The molecule has 0 amide bonds. The lowest BCUT2D eigenvalue weighted by atomic mass is 10.1. The maximum Gasteiger partial charge on any atom is 0.101 e. The fraction of sp³-hybridized carbons (Fsp3) is 0.462. The fourth-order valence-corrected chi connectivity index (χ4v) is 1.67. The summed E-state index contributed by atoms with van der Waals surface area (Å²) in [7, 11) is 3.31. The Hall–Kier alpha value is -1.77. The topological polar surface area (TPSA) is 71.5 Å². The molecule has 0 aliphatic heterocycles. The first-order chi connectivity index (χ1) is 8.72. The predicted molar refractivity (Wildman–Crippen MR) is 71.5 cm³/mol. The van der Waals surface area contributed by atoms with E-state index in [2.05, 4.69) is 11.0 Å². The summed E-state index contributed by atoms with van der Waals surface area (Å²) in [6.07, 6.45) is 0. The molecule has 0 bridgehead atoms. The molecule has 5 heteroatoms. The van der Waals surface area contributed by atoms with E-state index in [1.807, 2.05) is 6.07 Å². The van der Waals surface area contributed by atoms with E-state index < -0.39 is 0 Å². The second-order valence-electron chi connectivity index (χ2n) is 3.86. The van der Waals surface area contributed by atoms with Crippen molar-refractivity contribution >= 4 is 11.4 Å². The van der Waals surface area contributed by atoms with E-state index in [0.717, 1.165) is 5.69 Å². The standard InChI is InChI=1S/C13H19N3O2/c1-17-7-5-16(6-8-18-2)13-4-3-12(15)9-11(13)10-14/h3-4,9H,5-8,15H2,1-2H3.